The molecule has 7 heteroatoms. The van der Waals surface area contributed by atoms with Gasteiger partial charge in [-0.05, 0) is 73.8 Å². The molecule has 150 valence electrons. The first-order valence-corrected chi connectivity index (χ1v) is 11.3. The number of anilines is 1. The molecule has 1 fully saturated rings. The van der Waals surface area contributed by atoms with Gasteiger partial charge in [-0.25, -0.2) is 17.5 Å². The topological polar surface area (TPSA) is 52.7 Å². The molecule has 2 aromatic carbocycles. The molecule has 4 rings (SSSR count). The highest BCUT2D eigenvalue weighted by Crippen LogP contribution is 2.32. The second-order valence-electron chi connectivity index (χ2n) is 7.62. The summed E-state index contributed by atoms with van der Waals surface area (Å²) in [5.41, 5.74) is 3.74. The molecular formula is C21H26FN3O2S. The van der Waals surface area contributed by atoms with Crippen molar-refractivity contribution in [1.29, 1.82) is 0 Å². The molecular weight excluding hydrogens is 377 g/mol. The molecule has 0 radical (unpaired) electrons. The van der Waals surface area contributed by atoms with Crippen molar-refractivity contribution in [3.63, 3.8) is 0 Å². The number of nitrogens with one attached hydrogen (secondary N) is 1. The third-order valence-corrected chi connectivity index (χ3v) is 7.23. The average molecular weight is 404 g/mol. The lowest BCUT2D eigenvalue weighted by Crippen LogP contribution is -2.36. The van der Waals surface area contributed by atoms with Crippen LogP contribution in [0.15, 0.2) is 47.4 Å². The molecule has 2 aromatic rings. The van der Waals surface area contributed by atoms with E-state index in [4.69, 9.17) is 0 Å². The maximum absolute atomic E-state index is 13.1. The number of likely N-dealkylation sites (tertiary alicyclic amines) is 1. The maximum atomic E-state index is 13.1. The first-order chi connectivity index (χ1) is 13.4. The minimum atomic E-state index is -3.68. The molecule has 0 unspecified atom stereocenters. The number of likely N-dealkylation sites (N-methyl/N-ethyl adjacent to an activating group) is 1. The van der Waals surface area contributed by atoms with Gasteiger partial charge in [-0.2, -0.15) is 0 Å². The highest BCUT2D eigenvalue weighted by molar-refractivity contribution is 7.89. The number of fused-ring (bicyclic) bond motifs is 1. The third-order valence-electron chi connectivity index (χ3n) is 5.79. The fourth-order valence-corrected chi connectivity index (χ4v) is 5.23. The normalized spacial score (nSPS) is 18.4. The zero-order chi connectivity index (χ0) is 19.7. The Kier molecular flexibility index (Phi) is 5.40. The van der Waals surface area contributed by atoms with E-state index in [1.807, 2.05) is 0 Å². The molecule has 0 aliphatic carbocycles. The van der Waals surface area contributed by atoms with Crippen LogP contribution in [0.1, 0.15) is 30.0 Å². The number of hydrogen-bond donors (Lipinski definition) is 1. The van der Waals surface area contributed by atoms with Crippen LogP contribution in [0, 0.1) is 5.82 Å². The van der Waals surface area contributed by atoms with Crippen LogP contribution < -0.4 is 9.62 Å². The highest BCUT2D eigenvalue weighted by atomic mass is 32.2. The summed E-state index contributed by atoms with van der Waals surface area (Å²) in [7, 11) is -1.58. The summed E-state index contributed by atoms with van der Waals surface area (Å²) in [4.78, 5) is 4.69. The van der Waals surface area contributed by atoms with Gasteiger partial charge in [-0.1, -0.05) is 12.1 Å². The molecule has 0 saturated carbocycles. The number of sulfonamides is 1. The lowest BCUT2D eigenvalue weighted by Gasteiger charge is -2.28. The average Bonchev–Trinajstić information content (AvgIpc) is 3.33. The van der Waals surface area contributed by atoms with Crippen molar-refractivity contribution >= 4 is 15.7 Å². The van der Waals surface area contributed by atoms with Gasteiger partial charge in [0.05, 0.1) is 4.90 Å². The molecule has 2 heterocycles. The van der Waals surface area contributed by atoms with Crippen molar-refractivity contribution < 1.29 is 12.8 Å². The smallest absolute Gasteiger partial charge is 0.240 e. The second-order valence-corrected chi connectivity index (χ2v) is 9.39. The Hall–Kier alpha value is -1.96. The second kappa shape index (κ2) is 7.81. The molecule has 1 saturated heterocycles. The molecule has 5 nitrogen and oxygen atoms in total. The van der Waals surface area contributed by atoms with Crippen LogP contribution in [0.2, 0.25) is 0 Å². The van der Waals surface area contributed by atoms with Gasteiger partial charge in [0.25, 0.3) is 0 Å². The molecule has 0 aromatic heterocycles. The minimum Gasteiger partial charge on any atom is -0.374 e. The van der Waals surface area contributed by atoms with Crippen molar-refractivity contribution in [3.8, 4) is 0 Å². The Morgan fingerprint density at radius 3 is 2.50 bits per heavy atom. The Balaban J connectivity index is 1.56. The first-order valence-electron chi connectivity index (χ1n) is 9.77. The van der Waals surface area contributed by atoms with Gasteiger partial charge in [0.1, 0.15) is 5.82 Å². The molecule has 2 aliphatic rings. The van der Waals surface area contributed by atoms with Crippen LogP contribution in [-0.4, -0.2) is 46.5 Å². The van der Waals surface area contributed by atoms with Gasteiger partial charge in [0.15, 0.2) is 0 Å². The number of rotatable bonds is 6. The first kappa shape index (κ1) is 19.4. The summed E-state index contributed by atoms with van der Waals surface area (Å²) in [5.74, 6) is -0.447. The third kappa shape index (κ3) is 3.92. The van der Waals surface area contributed by atoms with E-state index in [-0.39, 0.29) is 10.9 Å². The fourth-order valence-electron chi connectivity index (χ4n) is 4.19. The molecule has 1 N–H and O–H groups in total. The van der Waals surface area contributed by atoms with Crippen LogP contribution >= 0.6 is 0 Å². The van der Waals surface area contributed by atoms with Crippen molar-refractivity contribution in [2.24, 2.45) is 0 Å². The monoisotopic (exact) mass is 403 g/mol. The summed E-state index contributed by atoms with van der Waals surface area (Å²) in [6, 6.07) is 11.4. The Morgan fingerprint density at radius 2 is 1.79 bits per heavy atom. The number of nitrogens with zero attached hydrogens (tertiary/aromatic N) is 2. The van der Waals surface area contributed by atoms with Crippen molar-refractivity contribution in [1.82, 2.24) is 9.62 Å². The van der Waals surface area contributed by atoms with Crippen LogP contribution in [0.4, 0.5) is 10.1 Å². The maximum Gasteiger partial charge on any atom is 0.240 e. The summed E-state index contributed by atoms with van der Waals surface area (Å²) in [5, 5.41) is 0. The highest BCUT2D eigenvalue weighted by Gasteiger charge is 2.27. The largest absolute Gasteiger partial charge is 0.374 e. The Bertz CT molecular complexity index is 941. The van der Waals surface area contributed by atoms with E-state index in [0.717, 1.165) is 44.5 Å². The molecule has 0 amide bonds. The minimum absolute atomic E-state index is 0.00562. The summed E-state index contributed by atoms with van der Waals surface area (Å²) in [6.45, 7) is 3.26. The zero-order valence-electron chi connectivity index (χ0n) is 16.1. The van der Waals surface area contributed by atoms with Crippen molar-refractivity contribution in [2.75, 3.05) is 38.1 Å². The van der Waals surface area contributed by atoms with Crippen LogP contribution in [0.5, 0.6) is 0 Å². The van der Waals surface area contributed by atoms with Crippen molar-refractivity contribution in [3.05, 3.63) is 59.4 Å². The zero-order valence-corrected chi connectivity index (χ0v) is 16.9. The SMILES string of the molecule is CN1CCc2cc([C@H](CNS(=O)(=O)c3ccc(F)cc3)N3CCCC3)ccc21. The standard InChI is InChI=1S/C21H26FN3O2S/c1-24-13-10-17-14-16(4-9-20(17)24)21(25-11-2-3-12-25)15-23-28(26,27)19-7-5-18(22)6-8-19/h4-9,14,21,23H,2-3,10-13,15H2,1H3/t21-/m0/s1. The molecule has 2 aliphatic heterocycles. The van der Waals surface area contributed by atoms with E-state index in [1.165, 1.54) is 35.5 Å². The lowest BCUT2D eigenvalue weighted by molar-refractivity contribution is 0.246. The quantitative estimate of drug-likeness (QED) is 0.806. The summed E-state index contributed by atoms with van der Waals surface area (Å²) >= 11 is 0. The van der Waals surface area contributed by atoms with E-state index in [0.29, 0.717) is 6.54 Å². The predicted molar refractivity (Wildman–Crippen MR) is 109 cm³/mol. The van der Waals surface area contributed by atoms with Gasteiger partial charge in [-0.15, -0.1) is 0 Å². The van der Waals surface area contributed by atoms with Crippen molar-refractivity contribution in [2.45, 2.75) is 30.2 Å². The van der Waals surface area contributed by atoms with E-state index in [2.05, 4.69) is 39.8 Å². The van der Waals surface area contributed by atoms with Gasteiger partial charge in [0, 0.05) is 31.9 Å². The lowest BCUT2D eigenvalue weighted by atomic mass is 10.0. The Labute approximate surface area is 166 Å². The number of hydrogen-bond acceptors (Lipinski definition) is 4. The van der Waals surface area contributed by atoms with Crippen LogP contribution in [0.3, 0.4) is 0 Å². The fraction of sp³-hybridized carbons (Fsp3) is 0.429. The van der Waals surface area contributed by atoms with E-state index >= 15 is 0 Å². The summed E-state index contributed by atoms with van der Waals surface area (Å²) < 4.78 is 41.2. The van der Waals surface area contributed by atoms with E-state index in [9.17, 15) is 12.8 Å². The van der Waals surface area contributed by atoms with Gasteiger partial charge >= 0.3 is 0 Å². The molecule has 28 heavy (non-hydrogen) atoms. The van der Waals surface area contributed by atoms with Gasteiger partial charge in [-0.3, -0.25) is 4.90 Å². The van der Waals surface area contributed by atoms with Gasteiger partial charge in [0.2, 0.25) is 10.0 Å². The Morgan fingerprint density at radius 1 is 1.07 bits per heavy atom. The number of benzene rings is 2. The molecule has 1 atom stereocenters. The van der Waals surface area contributed by atoms with E-state index < -0.39 is 15.8 Å². The summed E-state index contributed by atoms with van der Waals surface area (Å²) in [6.07, 6.45) is 3.29. The molecule has 0 bridgehead atoms. The number of halogens is 1. The van der Waals surface area contributed by atoms with Crippen LogP contribution in [-0.2, 0) is 16.4 Å². The predicted octanol–water partition coefficient (Wildman–Crippen LogP) is 2.93. The van der Waals surface area contributed by atoms with Gasteiger partial charge < -0.3 is 4.90 Å². The van der Waals surface area contributed by atoms with Crippen LogP contribution in [0.25, 0.3) is 0 Å². The molecule has 0 spiro atoms. The van der Waals surface area contributed by atoms with E-state index in [1.54, 1.807) is 0 Å².